The average Bonchev–Trinajstić information content (AvgIpc) is 2.74. The lowest BCUT2D eigenvalue weighted by Gasteiger charge is -2.17. The third-order valence-corrected chi connectivity index (χ3v) is 3.74. The Morgan fingerprint density at radius 3 is 3.05 bits per heavy atom. The van der Waals surface area contributed by atoms with Gasteiger partial charge in [0.25, 0.3) is 0 Å². The van der Waals surface area contributed by atoms with Crippen LogP contribution in [0.25, 0.3) is 6.08 Å². The van der Waals surface area contributed by atoms with Crippen molar-refractivity contribution in [2.75, 3.05) is 33.3 Å². The lowest BCUT2D eigenvalue weighted by molar-refractivity contribution is -0.125. The van der Waals surface area contributed by atoms with E-state index in [1.807, 2.05) is 29.2 Å². The first-order chi connectivity index (χ1) is 9.70. The predicted octanol–water partition coefficient (Wildman–Crippen LogP) is 2.29. The number of benzene rings is 1. The minimum absolute atomic E-state index is 0.0516. The Labute approximate surface area is 127 Å². The minimum atomic E-state index is 0.0516. The molecule has 1 aromatic carbocycles. The largest absolute Gasteiger partial charge is 0.496 e. The molecule has 1 aromatic rings. The van der Waals surface area contributed by atoms with Crippen molar-refractivity contribution in [1.82, 2.24) is 10.2 Å². The molecule has 1 fully saturated rings. The summed E-state index contributed by atoms with van der Waals surface area (Å²) in [5, 5.41) is 3.29. The number of rotatable bonds is 3. The predicted molar refractivity (Wildman–Crippen MR) is 83.8 cm³/mol. The minimum Gasteiger partial charge on any atom is -0.496 e. The van der Waals surface area contributed by atoms with Crippen LogP contribution in [-0.4, -0.2) is 44.1 Å². The van der Waals surface area contributed by atoms with E-state index in [0.717, 1.165) is 48.4 Å². The molecular formula is C15H19BrN2O2. The van der Waals surface area contributed by atoms with Crippen LogP contribution < -0.4 is 10.1 Å². The SMILES string of the molecule is COc1ccc(Br)cc1C=CC(=O)N1CCCNCC1. The molecule has 0 radical (unpaired) electrons. The molecule has 4 nitrogen and oxygen atoms in total. The Morgan fingerprint density at radius 1 is 1.40 bits per heavy atom. The summed E-state index contributed by atoms with van der Waals surface area (Å²) < 4.78 is 6.25. The first-order valence-electron chi connectivity index (χ1n) is 6.72. The van der Waals surface area contributed by atoms with Gasteiger partial charge in [-0.3, -0.25) is 4.79 Å². The van der Waals surface area contributed by atoms with Crippen molar-refractivity contribution in [1.29, 1.82) is 0 Å². The number of carbonyl (C=O) groups is 1. The molecule has 0 saturated carbocycles. The number of amides is 1. The van der Waals surface area contributed by atoms with Gasteiger partial charge in [-0.15, -0.1) is 0 Å². The van der Waals surface area contributed by atoms with Gasteiger partial charge in [0, 0.05) is 35.7 Å². The van der Waals surface area contributed by atoms with Gasteiger partial charge in [-0.25, -0.2) is 0 Å². The van der Waals surface area contributed by atoms with Crippen LogP contribution in [0.2, 0.25) is 0 Å². The van der Waals surface area contributed by atoms with Crippen LogP contribution in [0, 0.1) is 0 Å². The first-order valence-corrected chi connectivity index (χ1v) is 7.51. The second-order valence-electron chi connectivity index (χ2n) is 4.65. The number of nitrogens with one attached hydrogen (secondary N) is 1. The quantitative estimate of drug-likeness (QED) is 0.860. The Kier molecular flexibility index (Phi) is 5.61. The van der Waals surface area contributed by atoms with Gasteiger partial charge < -0.3 is 15.0 Å². The van der Waals surface area contributed by atoms with E-state index < -0.39 is 0 Å². The van der Waals surface area contributed by atoms with Crippen molar-refractivity contribution in [3.05, 3.63) is 34.3 Å². The van der Waals surface area contributed by atoms with E-state index in [1.54, 1.807) is 13.2 Å². The fourth-order valence-corrected chi connectivity index (χ4v) is 2.55. The van der Waals surface area contributed by atoms with Crippen LogP contribution in [0.1, 0.15) is 12.0 Å². The summed E-state index contributed by atoms with van der Waals surface area (Å²) in [5.74, 6) is 0.811. The molecule has 20 heavy (non-hydrogen) atoms. The lowest BCUT2D eigenvalue weighted by atomic mass is 10.2. The van der Waals surface area contributed by atoms with Crippen molar-refractivity contribution in [3.8, 4) is 5.75 Å². The number of halogens is 1. The van der Waals surface area contributed by atoms with Crippen LogP contribution >= 0.6 is 15.9 Å². The molecule has 1 amide bonds. The van der Waals surface area contributed by atoms with Gasteiger partial charge in [0.15, 0.2) is 0 Å². The molecule has 0 spiro atoms. The molecule has 0 aromatic heterocycles. The Bertz CT molecular complexity index is 495. The first kappa shape index (κ1) is 15.1. The fourth-order valence-electron chi connectivity index (χ4n) is 2.17. The summed E-state index contributed by atoms with van der Waals surface area (Å²) in [4.78, 5) is 14.0. The Morgan fingerprint density at radius 2 is 2.25 bits per heavy atom. The highest BCUT2D eigenvalue weighted by molar-refractivity contribution is 9.10. The van der Waals surface area contributed by atoms with E-state index in [4.69, 9.17) is 4.74 Å². The van der Waals surface area contributed by atoms with Gasteiger partial charge in [0.2, 0.25) is 5.91 Å². The van der Waals surface area contributed by atoms with Crippen molar-refractivity contribution < 1.29 is 9.53 Å². The van der Waals surface area contributed by atoms with Gasteiger partial charge in [-0.1, -0.05) is 15.9 Å². The van der Waals surface area contributed by atoms with E-state index in [9.17, 15) is 4.79 Å². The van der Waals surface area contributed by atoms with Crippen molar-refractivity contribution in [3.63, 3.8) is 0 Å². The van der Waals surface area contributed by atoms with Gasteiger partial charge in [-0.2, -0.15) is 0 Å². The van der Waals surface area contributed by atoms with Crippen LogP contribution in [0.4, 0.5) is 0 Å². The molecule has 0 bridgehead atoms. The highest BCUT2D eigenvalue weighted by Crippen LogP contribution is 2.24. The number of methoxy groups -OCH3 is 1. The van der Waals surface area contributed by atoms with Gasteiger partial charge in [0.05, 0.1) is 7.11 Å². The molecular weight excluding hydrogens is 320 g/mol. The third-order valence-electron chi connectivity index (χ3n) is 3.25. The maximum absolute atomic E-state index is 12.2. The summed E-state index contributed by atoms with van der Waals surface area (Å²) in [6.45, 7) is 3.41. The second-order valence-corrected chi connectivity index (χ2v) is 5.56. The molecule has 1 aliphatic rings. The van der Waals surface area contributed by atoms with Gasteiger partial charge >= 0.3 is 0 Å². The smallest absolute Gasteiger partial charge is 0.246 e. The average molecular weight is 339 g/mol. The standard InChI is InChI=1S/C15H19BrN2O2/c1-20-14-5-4-13(16)11-12(14)3-6-15(19)18-9-2-7-17-8-10-18/h3-6,11,17H,2,7-10H2,1H3. The molecule has 0 unspecified atom stereocenters. The number of hydrogen-bond donors (Lipinski definition) is 1. The zero-order chi connectivity index (χ0) is 14.4. The molecule has 1 saturated heterocycles. The second kappa shape index (κ2) is 7.45. The summed E-state index contributed by atoms with van der Waals surface area (Å²) in [5.41, 5.74) is 0.892. The van der Waals surface area contributed by atoms with E-state index >= 15 is 0 Å². The topological polar surface area (TPSA) is 41.6 Å². The summed E-state index contributed by atoms with van der Waals surface area (Å²) >= 11 is 3.43. The molecule has 2 rings (SSSR count). The van der Waals surface area contributed by atoms with Crippen LogP contribution in [0.15, 0.2) is 28.7 Å². The van der Waals surface area contributed by atoms with Crippen LogP contribution in [0.5, 0.6) is 5.75 Å². The zero-order valence-corrected chi connectivity index (χ0v) is 13.1. The maximum Gasteiger partial charge on any atom is 0.246 e. The maximum atomic E-state index is 12.2. The highest BCUT2D eigenvalue weighted by Gasteiger charge is 2.12. The molecule has 108 valence electrons. The van der Waals surface area contributed by atoms with Gasteiger partial charge in [0.1, 0.15) is 5.75 Å². The fraction of sp³-hybridized carbons (Fsp3) is 0.400. The van der Waals surface area contributed by atoms with E-state index in [1.165, 1.54) is 0 Å². The lowest BCUT2D eigenvalue weighted by Crippen LogP contribution is -2.32. The summed E-state index contributed by atoms with van der Waals surface area (Å²) in [7, 11) is 1.63. The normalized spacial score (nSPS) is 16.2. The molecule has 1 aliphatic heterocycles. The Hall–Kier alpha value is -1.33. The Balaban J connectivity index is 2.08. The van der Waals surface area contributed by atoms with Crippen molar-refractivity contribution >= 4 is 27.9 Å². The van der Waals surface area contributed by atoms with E-state index in [2.05, 4.69) is 21.2 Å². The number of nitrogens with zero attached hydrogens (tertiary/aromatic N) is 1. The van der Waals surface area contributed by atoms with Gasteiger partial charge in [-0.05, 0) is 37.2 Å². The van der Waals surface area contributed by atoms with E-state index in [-0.39, 0.29) is 5.91 Å². The van der Waals surface area contributed by atoms with Crippen molar-refractivity contribution in [2.24, 2.45) is 0 Å². The van der Waals surface area contributed by atoms with Crippen LogP contribution in [-0.2, 0) is 4.79 Å². The summed E-state index contributed by atoms with van der Waals surface area (Å²) in [6, 6.07) is 5.73. The third kappa shape index (κ3) is 4.08. The van der Waals surface area contributed by atoms with E-state index in [0.29, 0.717) is 0 Å². The number of hydrogen-bond acceptors (Lipinski definition) is 3. The summed E-state index contributed by atoms with van der Waals surface area (Å²) in [6.07, 6.45) is 4.43. The molecule has 1 heterocycles. The molecule has 0 atom stereocenters. The van der Waals surface area contributed by atoms with Crippen LogP contribution in [0.3, 0.4) is 0 Å². The molecule has 1 N–H and O–H groups in total. The zero-order valence-electron chi connectivity index (χ0n) is 11.6. The molecule has 0 aliphatic carbocycles. The number of ether oxygens (including phenoxy) is 1. The highest BCUT2D eigenvalue weighted by atomic mass is 79.9. The van der Waals surface area contributed by atoms with Crippen molar-refractivity contribution in [2.45, 2.75) is 6.42 Å². The number of carbonyl (C=O) groups excluding carboxylic acids is 1. The monoisotopic (exact) mass is 338 g/mol. The molecule has 5 heteroatoms.